The summed E-state index contributed by atoms with van der Waals surface area (Å²) < 4.78 is 0. The van der Waals surface area contributed by atoms with Gasteiger partial charge in [-0.2, -0.15) is 0 Å². The number of likely N-dealkylation sites (N-methyl/N-ethyl adjacent to an activating group) is 2. The zero-order valence-electron chi connectivity index (χ0n) is 12.4. The van der Waals surface area contributed by atoms with Crippen molar-refractivity contribution in [3.05, 3.63) is 0 Å². The van der Waals surface area contributed by atoms with Crippen LogP contribution in [0.3, 0.4) is 0 Å². The summed E-state index contributed by atoms with van der Waals surface area (Å²) in [4.78, 5) is 2.59. The van der Waals surface area contributed by atoms with Crippen LogP contribution in [0.25, 0.3) is 0 Å². The highest BCUT2D eigenvalue weighted by Crippen LogP contribution is 2.27. The molecule has 0 saturated heterocycles. The van der Waals surface area contributed by atoms with Crippen molar-refractivity contribution in [3.63, 3.8) is 0 Å². The number of rotatable bonds is 8. The summed E-state index contributed by atoms with van der Waals surface area (Å²) in [6, 6.07) is 0.581. The van der Waals surface area contributed by atoms with Crippen molar-refractivity contribution in [2.24, 2.45) is 5.92 Å². The van der Waals surface area contributed by atoms with Crippen LogP contribution in [-0.2, 0) is 0 Å². The SMILES string of the molecule is CCN(CC)C(C)(CC)C(CC(C)C)NC. The molecule has 2 unspecified atom stereocenters. The Bertz CT molecular complexity index is 176. The van der Waals surface area contributed by atoms with Crippen LogP contribution >= 0.6 is 0 Å². The minimum atomic E-state index is 0.280. The summed E-state index contributed by atoms with van der Waals surface area (Å²) in [6.07, 6.45) is 2.45. The van der Waals surface area contributed by atoms with Crippen molar-refractivity contribution in [2.75, 3.05) is 20.1 Å². The van der Waals surface area contributed by atoms with Crippen molar-refractivity contribution < 1.29 is 0 Å². The molecule has 0 heterocycles. The van der Waals surface area contributed by atoms with Gasteiger partial charge in [-0.15, -0.1) is 0 Å². The van der Waals surface area contributed by atoms with Crippen molar-refractivity contribution in [2.45, 2.75) is 66.0 Å². The maximum Gasteiger partial charge on any atom is 0.0331 e. The second kappa shape index (κ2) is 7.29. The Hall–Kier alpha value is -0.0800. The molecule has 2 atom stereocenters. The lowest BCUT2D eigenvalue weighted by atomic mass is 9.82. The average Bonchev–Trinajstić information content (AvgIpc) is 2.26. The van der Waals surface area contributed by atoms with Crippen LogP contribution in [0.2, 0.25) is 0 Å². The molecule has 0 spiro atoms. The van der Waals surface area contributed by atoms with Gasteiger partial charge in [-0.3, -0.25) is 4.90 Å². The quantitative estimate of drug-likeness (QED) is 0.686. The summed E-state index contributed by atoms with van der Waals surface area (Å²) in [5.74, 6) is 0.749. The van der Waals surface area contributed by atoms with Gasteiger partial charge in [0.05, 0.1) is 0 Å². The minimum absolute atomic E-state index is 0.280. The Morgan fingerprint density at radius 2 is 1.62 bits per heavy atom. The van der Waals surface area contributed by atoms with Gasteiger partial charge in [0.1, 0.15) is 0 Å². The van der Waals surface area contributed by atoms with E-state index < -0.39 is 0 Å². The topological polar surface area (TPSA) is 15.3 Å². The molecule has 0 rings (SSSR count). The summed E-state index contributed by atoms with van der Waals surface area (Å²) in [5, 5.41) is 3.53. The summed E-state index contributed by atoms with van der Waals surface area (Å²) in [5.41, 5.74) is 0.280. The van der Waals surface area contributed by atoms with E-state index in [9.17, 15) is 0 Å². The monoisotopic (exact) mass is 228 g/mol. The molecular weight excluding hydrogens is 196 g/mol. The maximum absolute atomic E-state index is 3.53. The van der Waals surface area contributed by atoms with E-state index >= 15 is 0 Å². The molecule has 2 nitrogen and oxygen atoms in total. The molecule has 1 N–H and O–H groups in total. The van der Waals surface area contributed by atoms with Crippen LogP contribution in [0, 0.1) is 5.92 Å². The first kappa shape index (κ1) is 15.9. The smallest absolute Gasteiger partial charge is 0.0331 e. The first-order valence-electron chi connectivity index (χ1n) is 6.88. The number of nitrogens with one attached hydrogen (secondary N) is 1. The zero-order valence-corrected chi connectivity index (χ0v) is 12.4. The molecule has 0 bridgehead atoms. The van der Waals surface area contributed by atoms with Gasteiger partial charge in [0.2, 0.25) is 0 Å². The summed E-state index contributed by atoms with van der Waals surface area (Å²) >= 11 is 0. The second-order valence-electron chi connectivity index (χ2n) is 5.35. The first-order valence-corrected chi connectivity index (χ1v) is 6.88. The molecule has 0 fully saturated rings. The average molecular weight is 228 g/mol. The molecule has 0 amide bonds. The van der Waals surface area contributed by atoms with E-state index in [0.29, 0.717) is 6.04 Å². The molecule has 2 heteroatoms. The Balaban J connectivity index is 4.86. The Morgan fingerprint density at radius 1 is 1.12 bits per heavy atom. The molecule has 16 heavy (non-hydrogen) atoms. The predicted octanol–water partition coefficient (Wildman–Crippen LogP) is 3.13. The molecule has 0 saturated carbocycles. The van der Waals surface area contributed by atoms with Gasteiger partial charge >= 0.3 is 0 Å². The van der Waals surface area contributed by atoms with Gasteiger partial charge < -0.3 is 5.32 Å². The zero-order chi connectivity index (χ0) is 12.8. The van der Waals surface area contributed by atoms with Crippen LogP contribution in [-0.4, -0.2) is 36.6 Å². The second-order valence-corrected chi connectivity index (χ2v) is 5.35. The van der Waals surface area contributed by atoms with Crippen molar-refractivity contribution in [1.29, 1.82) is 0 Å². The van der Waals surface area contributed by atoms with Crippen molar-refractivity contribution in [1.82, 2.24) is 10.2 Å². The van der Waals surface area contributed by atoms with E-state index in [1.807, 2.05) is 0 Å². The molecule has 0 aliphatic heterocycles. The molecule has 0 aliphatic carbocycles. The van der Waals surface area contributed by atoms with Gasteiger partial charge in [0, 0.05) is 11.6 Å². The standard InChI is InChI=1S/C14H32N2/c1-8-14(6,16(9-2)10-3)13(15-7)11-12(4)5/h12-13,15H,8-11H2,1-7H3. The Morgan fingerprint density at radius 3 is 1.88 bits per heavy atom. The lowest BCUT2D eigenvalue weighted by molar-refractivity contribution is 0.0648. The number of hydrogen-bond acceptors (Lipinski definition) is 2. The van der Waals surface area contributed by atoms with Gasteiger partial charge in [0.25, 0.3) is 0 Å². The van der Waals surface area contributed by atoms with E-state index in [0.717, 1.165) is 19.0 Å². The van der Waals surface area contributed by atoms with E-state index in [1.54, 1.807) is 0 Å². The molecule has 0 aliphatic rings. The molecule has 0 radical (unpaired) electrons. The fourth-order valence-corrected chi connectivity index (χ4v) is 2.79. The van der Waals surface area contributed by atoms with E-state index in [-0.39, 0.29) is 5.54 Å². The summed E-state index contributed by atoms with van der Waals surface area (Å²) in [6.45, 7) is 16.1. The highest BCUT2D eigenvalue weighted by atomic mass is 15.2. The maximum atomic E-state index is 3.53. The predicted molar refractivity (Wildman–Crippen MR) is 73.9 cm³/mol. The Kier molecular flexibility index (Phi) is 7.25. The normalized spacial score (nSPS) is 17.8. The van der Waals surface area contributed by atoms with Crippen LogP contribution < -0.4 is 5.32 Å². The largest absolute Gasteiger partial charge is 0.315 e. The van der Waals surface area contributed by atoms with Crippen LogP contribution in [0.4, 0.5) is 0 Å². The molecule has 98 valence electrons. The lowest BCUT2D eigenvalue weighted by Crippen LogP contribution is -2.58. The highest BCUT2D eigenvalue weighted by Gasteiger charge is 2.36. The van der Waals surface area contributed by atoms with E-state index in [2.05, 4.69) is 58.8 Å². The minimum Gasteiger partial charge on any atom is -0.315 e. The third-order valence-electron chi connectivity index (χ3n) is 4.01. The highest BCUT2D eigenvalue weighted by molar-refractivity contribution is 4.95. The third kappa shape index (κ3) is 3.74. The summed E-state index contributed by atoms with van der Waals surface area (Å²) in [7, 11) is 2.10. The van der Waals surface area contributed by atoms with Crippen LogP contribution in [0.1, 0.15) is 54.4 Å². The number of nitrogens with zero attached hydrogens (tertiary/aromatic N) is 1. The Labute approximate surface area is 103 Å². The van der Waals surface area contributed by atoms with Gasteiger partial charge in [0.15, 0.2) is 0 Å². The van der Waals surface area contributed by atoms with Crippen molar-refractivity contribution in [3.8, 4) is 0 Å². The van der Waals surface area contributed by atoms with Gasteiger partial charge in [-0.25, -0.2) is 0 Å². The first-order chi connectivity index (χ1) is 7.46. The molecule has 0 aromatic heterocycles. The van der Waals surface area contributed by atoms with Gasteiger partial charge in [-0.1, -0.05) is 34.6 Å². The molecule has 0 aromatic carbocycles. The fourth-order valence-electron chi connectivity index (χ4n) is 2.79. The lowest BCUT2D eigenvalue weighted by Gasteiger charge is -2.46. The number of hydrogen-bond donors (Lipinski definition) is 1. The molecular formula is C14H32N2. The van der Waals surface area contributed by atoms with Gasteiger partial charge in [-0.05, 0) is 45.8 Å². The third-order valence-corrected chi connectivity index (χ3v) is 4.01. The fraction of sp³-hybridized carbons (Fsp3) is 1.00. The molecule has 0 aromatic rings. The van der Waals surface area contributed by atoms with E-state index in [1.165, 1.54) is 12.8 Å². The van der Waals surface area contributed by atoms with Crippen molar-refractivity contribution >= 4 is 0 Å². The van der Waals surface area contributed by atoms with E-state index in [4.69, 9.17) is 0 Å². The van der Waals surface area contributed by atoms with Crippen LogP contribution in [0.5, 0.6) is 0 Å². The van der Waals surface area contributed by atoms with Crippen LogP contribution in [0.15, 0.2) is 0 Å².